The van der Waals surface area contributed by atoms with Crippen molar-refractivity contribution in [3.8, 4) is 0 Å². The topological polar surface area (TPSA) is 66.8 Å². The van der Waals surface area contributed by atoms with Crippen LogP contribution in [0.4, 0.5) is 0 Å². The fraction of sp³-hybridized carbons (Fsp3) is 0.837. The van der Waals surface area contributed by atoms with Gasteiger partial charge in [-0.2, -0.15) is 0 Å². The number of unbranched alkanes of at least 4 members (excludes halogenated alkanes) is 3. The van der Waals surface area contributed by atoms with Gasteiger partial charge in [0.25, 0.3) is 0 Å². The molecule has 0 radical (unpaired) electrons. The predicted molar refractivity (Wildman–Crippen MR) is 449 cm³/mol. The number of nitrogens with zero attached hydrogens (tertiary/aromatic N) is 1. The Morgan fingerprint density at radius 3 is 0.598 bits per heavy atom. The summed E-state index contributed by atoms with van der Waals surface area (Å²) < 4.78 is 4.94. The summed E-state index contributed by atoms with van der Waals surface area (Å²) in [6.45, 7) is 6.42. The van der Waals surface area contributed by atoms with Gasteiger partial charge in [0.2, 0.25) is 0 Å². The average molecular weight is 1800 g/mol. The molecule has 1 N–H and O–H groups in total. The molecule has 13 aliphatic rings. The first-order valence-corrected chi connectivity index (χ1v) is 39.4. The molecule has 1 aliphatic heterocycles. The number of carbonyl (C=O) groups is 2. The van der Waals surface area contributed by atoms with E-state index in [0.717, 1.165) is 69.7 Å². The fourth-order valence-electron chi connectivity index (χ4n) is 13.9. The third kappa shape index (κ3) is 98.0. The standard InChI is InChI=1S/C18H35NO.2C6H10O.5C5H9Cl.3C5H10.C4H8O.12CH3.6Fe/c20-14-8-2-1-7-13-19(15-17-9-3-4-10-17)16-18-11-5-6-12-18;2*7-5-6-3-1-2-4-6;5*6-5-3-1-2-4-5;4*1-2-4-5-3-1;;;;;;;;;;;;;;;;;;/h17-18,20H,1-16H2;2*5-6H,1-4H2;5*5H,1-4H2;3*1-5H2;1-4H2;12*1H3;;;;;;/q;;;;;;;;;;;;12*-1;6*+2. The summed E-state index contributed by atoms with van der Waals surface area (Å²) in [6, 6.07) is 0. The molecular weight excluding hydrogens is 1620 g/mol. The Bertz CT molecular complexity index is 1160. The van der Waals surface area contributed by atoms with Gasteiger partial charge in [-0.25, -0.2) is 0 Å². The maximum atomic E-state index is 10.0. The largest absolute Gasteiger partial charge is 2.00 e. The van der Waals surface area contributed by atoms with Crippen LogP contribution in [0, 0.1) is 113 Å². The molecule has 13 fully saturated rings. The number of aldehydes is 2. The van der Waals surface area contributed by atoms with Crippen molar-refractivity contribution < 1.29 is 122 Å². The Hall–Kier alpha value is 3.79. The summed E-state index contributed by atoms with van der Waals surface area (Å²) in [4.78, 5) is 22.8. The number of rotatable bonds is 12. The first-order valence-electron chi connectivity index (χ1n) is 37.2. The van der Waals surface area contributed by atoms with Crippen molar-refractivity contribution in [2.75, 3.05) is 39.5 Å². The van der Waals surface area contributed by atoms with Gasteiger partial charge in [0.15, 0.2) is 0 Å². The quantitative estimate of drug-likeness (QED) is 0.0693. The fourth-order valence-corrected chi connectivity index (χ4v) is 15.4. The van der Waals surface area contributed by atoms with Crippen LogP contribution in [0.3, 0.4) is 0 Å². The van der Waals surface area contributed by atoms with Crippen LogP contribution in [0.1, 0.15) is 366 Å². The number of aliphatic hydroxyl groups is 1. The molecule has 1 heterocycles. The molecule has 0 aromatic heterocycles. The van der Waals surface area contributed by atoms with Gasteiger partial charge >= 0.3 is 102 Å². The van der Waals surface area contributed by atoms with E-state index in [1.807, 2.05) is 0 Å². The van der Waals surface area contributed by atoms with Gasteiger partial charge in [-0.1, -0.05) is 225 Å². The molecule has 5 nitrogen and oxygen atoms in total. The molecule has 0 aromatic carbocycles. The van der Waals surface area contributed by atoms with Crippen molar-refractivity contribution in [2.45, 2.75) is 393 Å². The van der Waals surface area contributed by atoms with E-state index < -0.39 is 0 Å². The molecule has 0 bridgehead atoms. The first-order chi connectivity index (χ1) is 41.2. The Kier molecular flexibility index (Phi) is 164. The van der Waals surface area contributed by atoms with Crippen LogP contribution >= 0.6 is 58.0 Å². The summed E-state index contributed by atoms with van der Waals surface area (Å²) in [5.41, 5.74) is 0. The number of aliphatic hydroxyl groups excluding tert-OH is 1. The van der Waals surface area contributed by atoms with Crippen LogP contribution in [0.5, 0.6) is 0 Å². The second-order valence-electron chi connectivity index (χ2n) is 27.6. The average Bonchev–Trinajstić information content (AvgIpc) is 1.85. The van der Waals surface area contributed by atoms with Crippen LogP contribution in [-0.4, -0.2) is 88.9 Å². The van der Waals surface area contributed by atoms with Crippen molar-refractivity contribution >= 4 is 70.6 Å². The van der Waals surface area contributed by atoms with Gasteiger partial charge in [-0.3, -0.25) is 0 Å². The zero-order chi connectivity index (χ0) is 60.4. The molecule has 12 aliphatic carbocycles. The molecular formula is C86H174Cl5Fe6NO4. The Balaban J connectivity index is -0.0000000523. The summed E-state index contributed by atoms with van der Waals surface area (Å²) in [5, 5.41) is 11.4. The van der Waals surface area contributed by atoms with Crippen LogP contribution in [0.25, 0.3) is 0 Å². The van der Waals surface area contributed by atoms with Gasteiger partial charge in [0, 0.05) is 71.6 Å². The molecule has 0 spiro atoms. The van der Waals surface area contributed by atoms with Gasteiger partial charge in [-0.15, -0.1) is 58.0 Å². The van der Waals surface area contributed by atoms with Crippen molar-refractivity contribution in [2.24, 2.45) is 23.7 Å². The van der Waals surface area contributed by atoms with Crippen molar-refractivity contribution in [3.05, 3.63) is 89.1 Å². The molecule has 0 atom stereocenters. The van der Waals surface area contributed by atoms with E-state index in [-0.39, 0.29) is 192 Å². The van der Waals surface area contributed by atoms with Gasteiger partial charge in [0.1, 0.15) is 12.6 Å². The summed E-state index contributed by atoms with van der Waals surface area (Å²) in [7, 11) is 0. The predicted octanol–water partition coefficient (Wildman–Crippen LogP) is 29.8. The number of hydrogen-bond donors (Lipinski definition) is 1. The number of carbonyl (C=O) groups excluding carboxylic acids is 2. The van der Waals surface area contributed by atoms with Gasteiger partial charge in [0.05, 0.1) is 0 Å². The molecule has 630 valence electrons. The minimum absolute atomic E-state index is 0. The summed E-state index contributed by atoms with van der Waals surface area (Å²) in [5.74, 6) is 2.82. The van der Waals surface area contributed by atoms with E-state index in [4.69, 9.17) is 67.8 Å². The minimum atomic E-state index is 0. The number of hydrogen-bond acceptors (Lipinski definition) is 5. The van der Waals surface area contributed by atoms with E-state index in [2.05, 4.69) is 4.90 Å². The van der Waals surface area contributed by atoms with Gasteiger partial charge < -0.3 is 113 Å². The molecule has 12 saturated carbocycles. The molecule has 13 rings (SSSR count). The van der Waals surface area contributed by atoms with Crippen LogP contribution in [0.15, 0.2) is 0 Å². The molecule has 102 heavy (non-hydrogen) atoms. The molecule has 1 saturated heterocycles. The first kappa shape index (κ1) is 147. The molecule has 0 amide bonds. The zero-order valence-corrected chi connectivity index (χ0v) is 79.4. The number of ether oxygens (including phenoxy) is 1. The smallest absolute Gasteiger partial charge is 0.396 e. The maximum absolute atomic E-state index is 10.0. The van der Waals surface area contributed by atoms with Crippen molar-refractivity contribution in [3.63, 3.8) is 0 Å². The summed E-state index contributed by atoms with van der Waals surface area (Å²) >= 11 is 28.6. The third-order valence-corrected chi connectivity index (χ3v) is 21.7. The van der Waals surface area contributed by atoms with Crippen molar-refractivity contribution in [1.82, 2.24) is 4.90 Å². The van der Waals surface area contributed by atoms with Crippen LogP contribution in [0.2, 0.25) is 0 Å². The Morgan fingerprint density at radius 2 is 0.451 bits per heavy atom. The normalized spacial score (nSPS) is 19.5. The van der Waals surface area contributed by atoms with Crippen LogP contribution in [-0.2, 0) is 117 Å². The minimum Gasteiger partial charge on any atom is -0.396 e. The second kappa shape index (κ2) is 113. The molecule has 0 unspecified atom stereocenters. The van der Waals surface area contributed by atoms with E-state index in [0.29, 0.717) is 45.3 Å². The number of alkyl halides is 5. The van der Waals surface area contributed by atoms with Gasteiger partial charge in [-0.05, 0) is 160 Å². The molecule has 0 aromatic rings. The van der Waals surface area contributed by atoms with E-state index in [1.165, 1.54) is 354 Å². The number of halogens is 5. The summed E-state index contributed by atoms with van der Waals surface area (Å²) in [6.07, 6.45) is 79.6. The second-order valence-corrected chi connectivity index (χ2v) is 30.7. The van der Waals surface area contributed by atoms with Crippen LogP contribution < -0.4 is 0 Å². The van der Waals surface area contributed by atoms with E-state index in [1.54, 1.807) is 0 Å². The maximum Gasteiger partial charge on any atom is 2.00 e. The molecule has 16 heteroatoms. The Morgan fingerprint density at radius 1 is 0.265 bits per heavy atom. The third-order valence-electron chi connectivity index (χ3n) is 19.6. The van der Waals surface area contributed by atoms with Crippen molar-refractivity contribution in [1.29, 1.82) is 0 Å². The zero-order valence-electron chi connectivity index (χ0n) is 69.0. The Labute approximate surface area is 735 Å². The SMILES string of the molecule is C1CCCC1.C1CCCC1.C1CCCC1.C1CCOC1.ClC1CCCC1.ClC1CCCC1.ClC1CCCC1.ClC1CCCC1.ClC1CCCC1.O=CC1CCCC1.O=CC1CCCC1.OCCCCCCN(CC1CCCC1)CC1CCCC1.[CH3-].[CH3-].[CH3-].[CH3-].[CH3-].[CH3-].[CH3-].[CH3-].[CH3-].[CH3-].[CH3-].[CH3-].[Fe+2].[Fe+2].[Fe+2].[Fe+2].[Fe+2].[Fe+2]. The van der Waals surface area contributed by atoms with E-state index >= 15 is 0 Å². The van der Waals surface area contributed by atoms with E-state index in [9.17, 15) is 9.59 Å². The monoisotopic (exact) mass is 1800 g/mol.